The molecule has 0 aromatic heterocycles. The molecule has 2 atom stereocenters. The van der Waals surface area contributed by atoms with Gasteiger partial charge in [0.15, 0.2) is 0 Å². The molecule has 2 heteroatoms. The third-order valence-electron chi connectivity index (χ3n) is 4.43. The molecule has 1 saturated heterocycles. The predicted octanol–water partition coefficient (Wildman–Crippen LogP) is 5.23. The second kappa shape index (κ2) is 12.6. The Balaban J connectivity index is 1.69. The van der Waals surface area contributed by atoms with Gasteiger partial charge in [-0.15, -0.1) is 0 Å². The third-order valence-corrected chi connectivity index (χ3v) is 4.43. The fraction of sp³-hybridized carbons (Fsp3) is 1.00. The van der Waals surface area contributed by atoms with Crippen molar-refractivity contribution in [1.82, 2.24) is 0 Å². The van der Waals surface area contributed by atoms with Crippen LogP contribution < -0.4 is 0 Å². The molecule has 2 unspecified atom stereocenters. The molecule has 0 spiro atoms. The van der Waals surface area contributed by atoms with E-state index in [0.717, 1.165) is 12.8 Å². The van der Waals surface area contributed by atoms with Crippen molar-refractivity contribution >= 4 is 0 Å². The van der Waals surface area contributed by atoms with Crippen LogP contribution in [0.1, 0.15) is 96.8 Å². The monoisotopic (exact) mass is 284 g/mol. The largest absolute Gasteiger partial charge is 0.396 e. The Morgan fingerprint density at radius 1 is 0.650 bits per heavy atom. The summed E-state index contributed by atoms with van der Waals surface area (Å²) >= 11 is 0. The summed E-state index contributed by atoms with van der Waals surface area (Å²) in [5.41, 5.74) is 0. The number of aliphatic hydroxyl groups excluding tert-OH is 1. The van der Waals surface area contributed by atoms with E-state index in [4.69, 9.17) is 9.84 Å². The van der Waals surface area contributed by atoms with Gasteiger partial charge in [0.1, 0.15) is 0 Å². The molecule has 0 bridgehead atoms. The van der Waals surface area contributed by atoms with Crippen LogP contribution in [0.5, 0.6) is 0 Å². The number of epoxide rings is 1. The number of unbranched alkanes of at least 4 members (excludes halogenated alkanes) is 10. The minimum atomic E-state index is 0.311. The van der Waals surface area contributed by atoms with E-state index in [0.29, 0.717) is 18.8 Å². The Morgan fingerprint density at radius 3 is 1.60 bits per heavy atom. The fourth-order valence-electron chi connectivity index (χ4n) is 2.99. The van der Waals surface area contributed by atoms with E-state index < -0.39 is 0 Å². The van der Waals surface area contributed by atoms with E-state index in [9.17, 15) is 0 Å². The Bertz CT molecular complexity index is 206. The zero-order valence-electron chi connectivity index (χ0n) is 13.6. The minimum Gasteiger partial charge on any atom is -0.396 e. The van der Waals surface area contributed by atoms with E-state index in [2.05, 4.69) is 6.92 Å². The highest BCUT2D eigenvalue weighted by Crippen LogP contribution is 2.30. The van der Waals surface area contributed by atoms with Crippen molar-refractivity contribution in [3.05, 3.63) is 0 Å². The van der Waals surface area contributed by atoms with Crippen LogP contribution in [-0.2, 0) is 4.74 Å². The molecule has 0 aromatic rings. The highest BCUT2D eigenvalue weighted by molar-refractivity contribution is 4.84. The summed E-state index contributed by atoms with van der Waals surface area (Å²) in [5.74, 6) is 0. The van der Waals surface area contributed by atoms with Gasteiger partial charge in [-0.3, -0.25) is 0 Å². The number of rotatable bonds is 15. The Labute approximate surface area is 126 Å². The van der Waals surface area contributed by atoms with Crippen LogP contribution in [0.4, 0.5) is 0 Å². The summed E-state index contributed by atoms with van der Waals surface area (Å²) in [4.78, 5) is 0. The van der Waals surface area contributed by atoms with Crippen LogP contribution in [0, 0.1) is 0 Å². The average molecular weight is 284 g/mol. The van der Waals surface area contributed by atoms with Gasteiger partial charge in [-0.1, -0.05) is 77.6 Å². The Hall–Kier alpha value is -0.0800. The quantitative estimate of drug-likeness (QED) is 0.330. The van der Waals surface area contributed by atoms with Crippen LogP contribution in [0.3, 0.4) is 0 Å². The first-order valence-corrected chi connectivity index (χ1v) is 9.14. The van der Waals surface area contributed by atoms with Gasteiger partial charge in [-0.25, -0.2) is 0 Å². The third kappa shape index (κ3) is 9.77. The van der Waals surface area contributed by atoms with Crippen LogP contribution in [0.25, 0.3) is 0 Å². The van der Waals surface area contributed by atoms with Crippen LogP contribution in [-0.4, -0.2) is 23.9 Å². The van der Waals surface area contributed by atoms with E-state index in [1.54, 1.807) is 0 Å². The normalized spacial score (nSPS) is 21.3. The van der Waals surface area contributed by atoms with Gasteiger partial charge in [0.25, 0.3) is 0 Å². The van der Waals surface area contributed by atoms with Crippen LogP contribution >= 0.6 is 0 Å². The van der Waals surface area contributed by atoms with Crippen molar-refractivity contribution < 1.29 is 9.84 Å². The maximum absolute atomic E-state index is 8.75. The highest BCUT2D eigenvalue weighted by Gasteiger charge is 2.36. The molecule has 0 aromatic carbocycles. The lowest BCUT2D eigenvalue weighted by Gasteiger charge is -2.02. The first kappa shape index (κ1) is 18.0. The van der Waals surface area contributed by atoms with Crippen LogP contribution in [0.2, 0.25) is 0 Å². The number of hydrogen-bond donors (Lipinski definition) is 1. The lowest BCUT2D eigenvalue weighted by molar-refractivity contribution is 0.272. The Kier molecular flexibility index (Phi) is 11.4. The van der Waals surface area contributed by atoms with Crippen molar-refractivity contribution in [3.8, 4) is 0 Å². The van der Waals surface area contributed by atoms with Gasteiger partial charge in [-0.2, -0.15) is 0 Å². The summed E-state index contributed by atoms with van der Waals surface area (Å²) < 4.78 is 5.60. The molecule has 0 saturated carbocycles. The van der Waals surface area contributed by atoms with Crippen molar-refractivity contribution in [2.45, 2.75) is 109 Å². The van der Waals surface area contributed by atoms with Crippen molar-refractivity contribution in [1.29, 1.82) is 0 Å². The molecule has 2 nitrogen and oxygen atoms in total. The van der Waals surface area contributed by atoms with E-state index in [1.807, 2.05) is 0 Å². The number of aliphatic hydroxyl groups is 1. The fourth-order valence-corrected chi connectivity index (χ4v) is 2.99. The highest BCUT2D eigenvalue weighted by atomic mass is 16.6. The van der Waals surface area contributed by atoms with E-state index >= 15 is 0 Å². The number of ether oxygens (including phenoxy) is 1. The molecule has 120 valence electrons. The first-order valence-electron chi connectivity index (χ1n) is 9.14. The van der Waals surface area contributed by atoms with Gasteiger partial charge in [0, 0.05) is 6.61 Å². The summed E-state index contributed by atoms with van der Waals surface area (Å²) in [5, 5.41) is 8.75. The van der Waals surface area contributed by atoms with Crippen molar-refractivity contribution in [2.75, 3.05) is 6.61 Å². The molecule has 1 rings (SSSR count). The zero-order chi connectivity index (χ0) is 14.5. The molecular weight excluding hydrogens is 248 g/mol. The van der Waals surface area contributed by atoms with Gasteiger partial charge >= 0.3 is 0 Å². The smallest absolute Gasteiger partial charge is 0.0842 e. The van der Waals surface area contributed by atoms with E-state index in [1.165, 1.54) is 77.0 Å². The van der Waals surface area contributed by atoms with Gasteiger partial charge in [0.2, 0.25) is 0 Å². The van der Waals surface area contributed by atoms with E-state index in [-0.39, 0.29) is 0 Å². The molecule has 1 N–H and O–H groups in total. The predicted molar refractivity (Wildman–Crippen MR) is 86.1 cm³/mol. The molecule has 1 aliphatic rings. The second-order valence-electron chi connectivity index (χ2n) is 6.40. The summed E-state index contributed by atoms with van der Waals surface area (Å²) in [7, 11) is 0. The van der Waals surface area contributed by atoms with Crippen molar-refractivity contribution in [2.24, 2.45) is 0 Å². The second-order valence-corrected chi connectivity index (χ2v) is 6.40. The maximum Gasteiger partial charge on any atom is 0.0842 e. The molecule has 0 aliphatic carbocycles. The summed E-state index contributed by atoms with van der Waals surface area (Å²) in [6, 6.07) is 0. The molecule has 1 aliphatic heterocycles. The topological polar surface area (TPSA) is 32.8 Å². The lowest BCUT2D eigenvalue weighted by Crippen LogP contribution is -1.96. The molecule has 0 amide bonds. The van der Waals surface area contributed by atoms with Crippen molar-refractivity contribution in [3.63, 3.8) is 0 Å². The molecule has 1 fully saturated rings. The molecule has 0 radical (unpaired) electrons. The lowest BCUT2D eigenvalue weighted by atomic mass is 10.0. The standard InChI is InChI=1S/C18H36O2/c1-2-3-4-5-6-7-8-9-10-11-12-14-17-18(20-17)15-13-16-19/h17-19H,2-16H2,1H3. The maximum atomic E-state index is 8.75. The Morgan fingerprint density at radius 2 is 1.10 bits per heavy atom. The van der Waals surface area contributed by atoms with Gasteiger partial charge in [-0.05, 0) is 19.3 Å². The van der Waals surface area contributed by atoms with Gasteiger partial charge in [0.05, 0.1) is 12.2 Å². The number of hydrogen-bond acceptors (Lipinski definition) is 2. The summed E-state index contributed by atoms with van der Waals surface area (Å²) in [6.45, 7) is 2.59. The molecular formula is C18H36O2. The molecule has 20 heavy (non-hydrogen) atoms. The van der Waals surface area contributed by atoms with Gasteiger partial charge < -0.3 is 9.84 Å². The average Bonchev–Trinajstić information content (AvgIpc) is 3.21. The SMILES string of the molecule is CCCCCCCCCCCCCC1OC1CCCO. The first-order chi connectivity index (χ1) is 9.88. The zero-order valence-corrected chi connectivity index (χ0v) is 13.6. The molecule has 1 heterocycles. The van der Waals surface area contributed by atoms with Crippen LogP contribution in [0.15, 0.2) is 0 Å². The summed E-state index contributed by atoms with van der Waals surface area (Å²) in [6.07, 6.45) is 19.7. The minimum absolute atomic E-state index is 0.311.